The van der Waals surface area contributed by atoms with Crippen molar-refractivity contribution in [2.45, 2.75) is 46.0 Å². The van der Waals surface area contributed by atoms with E-state index in [4.69, 9.17) is 15.9 Å². The summed E-state index contributed by atoms with van der Waals surface area (Å²) in [6.45, 7) is 4.12. The third kappa shape index (κ3) is 6.60. The highest BCUT2D eigenvalue weighted by Crippen LogP contribution is 2.38. The van der Waals surface area contributed by atoms with Crippen molar-refractivity contribution in [3.8, 4) is 28.7 Å². The number of ether oxygens (including phenoxy) is 1. The first kappa shape index (κ1) is 28.2. The summed E-state index contributed by atoms with van der Waals surface area (Å²) in [7, 11) is 1.35. The topological polar surface area (TPSA) is 135 Å². The summed E-state index contributed by atoms with van der Waals surface area (Å²) in [5, 5.41) is 7.70. The van der Waals surface area contributed by atoms with Crippen LogP contribution in [-0.2, 0) is 4.79 Å². The zero-order valence-electron chi connectivity index (χ0n) is 21.8. The van der Waals surface area contributed by atoms with Crippen LogP contribution in [0, 0.1) is 28.6 Å². The van der Waals surface area contributed by atoms with Crippen molar-refractivity contribution in [2.24, 2.45) is 22.1 Å². The van der Waals surface area contributed by atoms with Gasteiger partial charge in [0.1, 0.15) is 22.3 Å². The number of thioether (sulfide) groups is 1. The third-order valence-corrected chi connectivity index (χ3v) is 7.02. The molecule has 39 heavy (non-hydrogen) atoms. The predicted octanol–water partition coefficient (Wildman–Crippen LogP) is 5.07. The number of pyridine rings is 2. The summed E-state index contributed by atoms with van der Waals surface area (Å²) in [6, 6.07) is 2.62. The van der Waals surface area contributed by atoms with Gasteiger partial charge in [-0.2, -0.15) is 4.99 Å². The standard InChI is InChI=1S/C27H28F2N6O3S.H2/c1-27(2)9-4-10-35(25(27)37)22-12-16(17-11-19(23(28)29)32-14-20(17)38-3)18(13-33-22)24(36)34-26(31)39-21(30)8-7-15-5-6-15;/h11-15,23,30H,4-6,9-10H2,1-3H3,(H2,31,34,36);1H. The molecule has 0 unspecified atom stereocenters. The number of rotatable bonds is 5. The number of nitrogens with zero attached hydrogens (tertiary/aromatic N) is 4. The lowest BCUT2D eigenvalue weighted by atomic mass is 9.83. The van der Waals surface area contributed by atoms with Crippen LogP contribution in [0.15, 0.2) is 29.5 Å². The Morgan fingerprint density at radius 2 is 2.05 bits per heavy atom. The van der Waals surface area contributed by atoms with E-state index >= 15 is 0 Å². The number of hydrogen-bond acceptors (Lipinski definition) is 7. The number of carbonyl (C=O) groups excluding carboxylic acids is 2. The molecule has 3 heterocycles. The lowest BCUT2D eigenvalue weighted by Crippen LogP contribution is -2.46. The number of nitrogens with one attached hydrogen (secondary N) is 1. The van der Waals surface area contributed by atoms with Gasteiger partial charge in [-0.1, -0.05) is 19.8 Å². The Bertz CT molecular complexity index is 1420. The van der Waals surface area contributed by atoms with E-state index in [0.29, 0.717) is 18.9 Å². The number of anilines is 1. The first-order chi connectivity index (χ1) is 18.5. The van der Waals surface area contributed by atoms with E-state index in [-0.39, 0.29) is 45.8 Å². The molecule has 0 atom stereocenters. The summed E-state index contributed by atoms with van der Waals surface area (Å²) < 4.78 is 32.5. The molecule has 206 valence electrons. The van der Waals surface area contributed by atoms with E-state index < -0.39 is 23.4 Å². The number of halogens is 2. The van der Waals surface area contributed by atoms with Crippen molar-refractivity contribution in [2.75, 3.05) is 18.6 Å². The van der Waals surface area contributed by atoms with Gasteiger partial charge in [0.15, 0.2) is 5.17 Å². The van der Waals surface area contributed by atoms with Crippen LogP contribution < -0.4 is 15.4 Å². The molecule has 1 aliphatic carbocycles. The van der Waals surface area contributed by atoms with Crippen LogP contribution in [0.1, 0.15) is 63.4 Å². The summed E-state index contributed by atoms with van der Waals surface area (Å²) in [4.78, 5) is 39.9. The molecule has 1 aliphatic heterocycles. The fourth-order valence-electron chi connectivity index (χ4n) is 4.12. The van der Waals surface area contributed by atoms with Crippen LogP contribution >= 0.6 is 11.8 Å². The van der Waals surface area contributed by atoms with Crippen molar-refractivity contribution in [1.82, 2.24) is 9.97 Å². The number of aliphatic imine (C=N–C) groups is 1. The van der Waals surface area contributed by atoms with Crippen molar-refractivity contribution in [1.29, 1.82) is 5.41 Å². The summed E-state index contributed by atoms with van der Waals surface area (Å²) in [6.07, 6.45) is 2.99. The number of alkyl halides is 2. The van der Waals surface area contributed by atoms with Crippen molar-refractivity contribution >= 4 is 39.6 Å². The van der Waals surface area contributed by atoms with Crippen molar-refractivity contribution in [3.05, 3.63) is 35.8 Å². The molecule has 0 bridgehead atoms. The first-order valence-electron chi connectivity index (χ1n) is 12.3. The molecule has 1 saturated heterocycles. The molecule has 2 amide bonds. The fourth-order valence-corrected chi connectivity index (χ4v) is 4.56. The van der Waals surface area contributed by atoms with Crippen molar-refractivity contribution < 1.29 is 24.5 Å². The molecule has 2 fully saturated rings. The maximum atomic E-state index is 13.6. The minimum absolute atomic E-state index is 0. The Morgan fingerprint density at radius 3 is 2.72 bits per heavy atom. The largest absolute Gasteiger partial charge is 0.494 e. The van der Waals surface area contributed by atoms with E-state index in [0.717, 1.165) is 43.3 Å². The molecular weight excluding hydrogens is 526 g/mol. The van der Waals surface area contributed by atoms with Gasteiger partial charge in [0.2, 0.25) is 5.91 Å². The molecule has 2 aromatic rings. The average molecular weight is 557 g/mol. The van der Waals surface area contributed by atoms with E-state index in [1.54, 1.807) is 0 Å². The number of aromatic nitrogens is 2. The second-order valence-electron chi connectivity index (χ2n) is 9.87. The maximum absolute atomic E-state index is 13.6. The van der Waals surface area contributed by atoms with Crippen LogP contribution in [0.25, 0.3) is 11.1 Å². The zero-order valence-corrected chi connectivity index (χ0v) is 22.6. The molecule has 2 aromatic heterocycles. The smallest absolute Gasteiger partial charge is 0.281 e. The van der Waals surface area contributed by atoms with Gasteiger partial charge in [-0.15, -0.1) is 0 Å². The normalized spacial score (nSPS) is 17.0. The summed E-state index contributed by atoms with van der Waals surface area (Å²) >= 11 is 0.743. The quantitative estimate of drug-likeness (QED) is 0.298. The van der Waals surface area contributed by atoms with Gasteiger partial charge in [-0.25, -0.2) is 13.8 Å². The van der Waals surface area contributed by atoms with Gasteiger partial charge in [0.25, 0.3) is 12.3 Å². The first-order valence-corrected chi connectivity index (χ1v) is 13.1. The lowest BCUT2D eigenvalue weighted by molar-refractivity contribution is -0.128. The Morgan fingerprint density at radius 1 is 1.31 bits per heavy atom. The Hall–Kier alpha value is -3.85. The van der Waals surface area contributed by atoms with Crippen LogP contribution in [0.2, 0.25) is 0 Å². The third-order valence-electron chi connectivity index (χ3n) is 6.41. The SMILES string of the molecule is COc1cnc(C(F)F)cc1-c1cc(N2CCCC(C)(C)C2=O)ncc1C(=O)N=C(N)SC(=N)C#CC1CC1.[HH]. The summed E-state index contributed by atoms with van der Waals surface area (Å²) in [5.41, 5.74) is 5.08. The highest BCUT2D eigenvalue weighted by molar-refractivity contribution is 8.26. The number of piperidine rings is 1. The van der Waals surface area contributed by atoms with E-state index in [9.17, 15) is 18.4 Å². The van der Waals surface area contributed by atoms with E-state index in [2.05, 4.69) is 26.8 Å². The number of amides is 2. The van der Waals surface area contributed by atoms with Gasteiger partial charge in [-0.05, 0) is 55.5 Å². The highest BCUT2D eigenvalue weighted by Gasteiger charge is 2.37. The molecule has 4 rings (SSSR count). The average Bonchev–Trinajstić information content (AvgIpc) is 3.73. The molecular formula is C27H30F2N6O3S. The van der Waals surface area contributed by atoms with Crippen LogP contribution in [0.3, 0.4) is 0 Å². The van der Waals surface area contributed by atoms with Gasteiger partial charge >= 0.3 is 0 Å². The molecule has 3 N–H and O–H groups in total. The number of methoxy groups -OCH3 is 1. The fraction of sp³-hybridized carbons (Fsp3) is 0.407. The minimum atomic E-state index is -2.87. The molecule has 0 aromatic carbocycles. The van der Waals surface area contributed by atoms with Crippen molar-refractivity contribution in [3.63, 3.8) is 0 Å². The lowest BCUT2D eigenvalue weighted by Gasteiger charge is -2.36. The number of nitrogens with two attached hydrogens (primary N) is 1. The minimum Gasteiger partial charge on any atom is -0.494 e. The molecule has 0 radical (unpaired) electrons. The number of hydrogen-bond donors (Lipinski definition) is 2. The maximum Gasteiger partial charge on any atom is 0.281 e. The zero-order chi connectivity index (χ0) is 28.3. The second-order valence-corrected chi connectivity index (χ2v) is 10.9. The number of carbonyl (C=O) groups is 2. The molecule has 0 spiro atoms. The van der Waals surface area contributed by atoms with Crippen LogP contribution in [-0.4, -0.2) is 45.6 Å². The van der Waals surface area contributed by atoms with Crippen LogP contribution in [0.4, 0.5) is 14.6 Å². The Kier molecular flexibility index (Phi) is 8.30. The molecule has 9 nitrogen and oxygen atoms in total. The molecule has 12 heteroatoms. The second kappa shape index (κ2) is 11.5. The Balaban J connectivity index is 0.00000441. The predicted molar refractivity (Wildman–Crippen MR) is 148 cm³/mol. The summed E-state index contributed by atoms with van der Waals surface area (Å²) in [5.74, 6) is 5.39. The van der Waals surface area contributed by atoms with Gasteiger partial charge in [-0.3, -0.25) is 24.9 Å². The van der Waals surface area contributed by atoms with E-state index in [1.807, 2.05) is 13.8 Å². The van der Waals surface area contributed by atoms with Gasteiger partial charge < -0.3 is 10.5 Å². The number of amidine groups is 1. The van der Waals surface area contributed by atoms with E-state index in [1.165, 1.54) is 24.3 Å². The highest BCUT2D eigenvalue weighted by atomic mass is 32.2. The Labute approximate surface area is 230 Å². The molecule has 2 aliphatic rings. The van der Waals surface area contributed by atoms with Crippen LogP contribution in [0.5, 0.6) is 5.75 Å². The van der Waals surface area contributed by atoms with Gasteiger partial charge in [0.05, 0.1) is 18.9 Å². The monoisotopic (exact) mass is 556 g/mol. The molecule has 1 saturated carbocycles. The van der Waals surface area contributed by atoms with Gasteiger partial charge in [0, 0.05) is 36.6 Å².